The monoisotopic (exact) mass is 362 g/mol. The topological polar surface area (TPSA) is 75.4 Å². The van der Waals surface area contributed by atoms with Crippen molar-refractivity contribution < 1.29 is 10.4 Å². The van der Waals surface area contributed by atoms with Crippen LogP contribution in [0.5, 0.6) is 0 Å². The molecule has 0 amide bonds. The summed E-state index contributed by atoms with van der Waals surface area (Å²) >= 11 is 0. The molecule has 3 aromatic rings. The second kappa shape index (κ2) is 8.46. The smallest absolute Gasteiger partial charge is 0.163 e. The normalized spacial score (nSPS) is 12.5. The first-order valence-electron chi connectivity index (χ1n) is 8.55. The van der Waals surface area contributed by atoms with Gasteiger partial charge < -0.3 is 10.1 Å². The Labute approximate surface area is 158 Å². The van der Waals surface area contributed by atoms with Crippen LogP contribution < -0.4 is 15.6 Å². The molecule has 3 rings (SSSR count). The van der Waals surface area contributed by atoms with E-state index in [4.69, 9.17) is 5.21 Å². The fourth-order valence-electron chi connectivity index (χ4n) is 2.62. The van der Waals surface area contributed by atoms with Crippen LogP contribution in [0.15, 0.2) is 84.0 Å². The number of quaternary nitrogens is 1. The summed E-state index contributed by atoms with van der Waals surface area (Å²) in [6.07, 6.45) is 0. The second-order valence-electron chi connectivity index (χ2n) is 6.26. The zero-order valence-electron chi connectivity index (χ0n) is 15.3. The van der Waals surface area contributed by atoms with Crippen molar-refractivity contribution in [3.05, 3.63) is 95.2 Å². The molecule has 0 radical (unpaired) electrons. The highest BCUT2D eigenvalue weighted by molar-refractivity contribution is 6.13. The van der Waals surface area contributed by atoms with Crippen LogP contribution in [0.25, 0.3) is 0 Å². The first-order valence-corrected chi connectivity index (χ1v) is 8.55. The maximum atomic E-state index is 11.0. The van der Waals surface area contributed by atoms with Crippen LogP contribution >= 0.6 is 0 Å². The average Bonchev–Trinajstić information content (AvgIpc) is 2.69. The Morgan fingerprint density at radius 2 is 1.48 bits per heavy atom. The number of nitrogens with one attached hydrogen (secondary N) is 2. The van der Waals surface area contributed by atoms with Crippen molar-refractivity contribution in [2.24, 2.45) is 5.10 Å². The third kappa shape index (κ3) is 4.71. The lowest BCUT2D eigenvalue weighted by Crippen LogP contribution is -2.99. The SMILES string of the molecule is CN(C)c1ccc(C(=NNc2ccc([NH+]([O-])O)cc2)c2ccccc2)cc1. The fourth-order valence-corrected chi connectivity index (χ4v) is 2.62. The summed E-state index contributed by atoms with van der Waals surface area (Å²) in [5, 5.41) is 23.6. The number of hydrogen-bond acceptors (Lipinski definition) is 5. The van der Waals surface area contributed by atoms with Crippen LogP contribution in [0.3, 0.4) is 0 Å². The van der Waals surface area contributed by atoms with Crippen LogP contribution in [-0.4, -0.2) is 25.0 Å². The lowest BCUT2D eigenvalue weighted by atomic mass is 10.0. The minimum atomic E-state index is -0.948. The van der Waals surface area contributed by atoms with Gasteiger partial charge in [-0.1, -0.05) is 42.5 Å². The van der Waals surface area contributed by atoms with E-state index < -0.39 is 5.23 Å². The van der Waals surface area contributed by atoms with Gasteiger partial charge in [0.1, 0.15) is 0 Å². The van der Waals surface area contributed by atoms with Gasteiger partial charge in [0.2, 0.25) is 0 Å². The molecule has 6 nitrogen and oxygen atoms in total. The van der Waals surface area contributed by atoms with Gasteiger partial charge in [-0.25, -0.2) is 5.21 Å². The van der Waals surface area contributed by atoms with Crippen molar-refractivity contribution in [3.63, 3.8) is 0 Å². The summed E-state index contributed by atoms with van der Waals surface area (Å²) in [5.41, 5.74) is 7.89. The number of nitrogens with zero attached hydrogens (tertiary/aromatic N) is 2. The van der Waals surface area contributed by atoms with Gasteiger partial charge in [-0.15, -0.1) is 0 Å². The first kappa shape index (κ1) is 18.6. The van der Waals surface area contributed by atoms with Crippen LogP contribution in [0.2, 0.25) is 0 Å². The third-order valence-electron chi connectivity index (χ3n) is 4.13. The Hall–Kier alpha value is -3.19. The van der Waals surface area contributed by atoms with E-state index in [1.54, 1.807) is 24.3 Å². The van der Waals surface area contributed by atoms with Crippen molar-refractivity contribution >= 4 is 22.8 Å². The number of hydrogen-bond donors (Lipinski definition) is 3. The van der Waals surface area contributed by atoms with Gasteiger partial charge in [0, 0.05) is 43.0 Å². The Balaban J connectivity index is 1.91. The summed E-state index contributed by atoms with van der Waals surface area (Å²) < 4.78 is 0. The van der Waals surface area contributed by atoms with E-state index in [2.05, 4.69) is 22.7 Å². The van der Waals surface area contributed by atoms with Crippen LogP contribution in [-0.2, 0) is 0 Å². The van der Waals surface area contributed by atoms with E-state index in [1.807, 2.05) is 61.5 Å². The molecule has 3 N–H and O–H groups in total. The molecular formula is C21H22N4O2. The molecule has 1 unspecified atom stereocenters. The molecule has 1 atom stereocenters. The van der Waals surface area contributed by atoms with Gasteiger partial charge >= 0.3 is 0 Å². The van der Waals surface area contributed by atoms with Crippen molar-refractivity contribution in [2.45, 2.75) is 0 Å². The molecule has 0 aliphatic rings. The molecule has 6 heteroatoms. The molecule has 0 bridgehead atoms. The lowest BCUT2D eigenvalue weighted by Gasteiger charge is -2.14. The molecule has 0 aliphatic carbocycles. The summed E-state index contributed by atoms with van der Waals surface area (Å²) in [4.78, 5) is 2.05. The number of hydrazone groups is 1. The molecule has 27 heavy (non-hydrogen) atoms. The van der Waals surface area contributed by atoms with Gasteiger partial charge in [-0.2, -0.15) is 10.3 Å². The number of benzene rings is 3. The highest BCUT2D eigenvalue weighted by Crippen LogP contribution is 2.17. The third-order valence-corrected chi connectivity index (χ3v) is 4.13. The molecule has 0 saturated carbocycles. The van der Waals surface area contributed by atoms with E-state index in [-0.39, 0.29) is 5.69 Å². The van der Waals surface area contributed by atoms with Crippen LogP contribution in [0.1, 0.15) is 11.1 Å². The second-order valence-corrected chi connectivity index (χ2v) is 6.26. The molecule has 138 valence electrons. The van der Waals surface area contributed by atoms with E-state index >= 15 is 0 Å². The lowest BCUT2D eigenvalue weighted by molar-refractivity contribution is -0.991. The number of anilines is 2. The van der Waals surface area contributed by atoms with Gasteiger partial charge in [-0.3, -0.25) is 5.43 Å². The minimum Gasteiger partial charge on any atom is -0.595 e. The highest BCUT2D eigenvalue weighted by atomic mass is 16.8. The van der Waals surface area contributed by atoms with E-state index in [0.29, 0.717) is 0 Å². The van der Waals surface area contributed by atoms with Gasteiger partial charge in [0.05, 0.1) is 11.4 Å². The van der Waals surface area contributed by atoms with Gasteiger partial charge in [-0.05, 0) is 24.3 Å². The predicted octanol–water partition coefficient (Wildman–Crippen LogP) is 3.02. The zero-order valence-corrected chi connectivity index (χ0v) is 15.3. The van der Waals surface area contributed by atoms with Gasteiger partial charge in [0.25, 0.3) is 0 Å². The Morgan fingerprint density at radius 1 is 0.889 bits per heavy atom. The average molecular weight is 362 g/mol. The summed E-state index contributed by atoms with van der Waals surface area (Å²) in [5.74, 6) is 0. The molecule has 0 aliphatic heterocycles. The fraction of sp³-hybridized carbons (Fsp3) is 0.0952. The van der Waals surface area contributed by atoms with Gasteiger partial charge in [0.15, 0.2) is 5.69 Å². The minimum absolute atomic E-state index is 0.243. The van der Waals surface area contributed by atoms with Crippen molar-refractivity contribution in [1.29, 1.82) is 0 Å². The maximum absolute atomic E-state index is 11.0. The number of rotatable bonds is 6. The highest BCUT2D eigenvalue weighted by Gasteiger charge is 2.08. The Morgan fingerprint density at radius 3 is 2.04 bits per heavy atom. The molecule has 0 fully saturated rings. The van der Waals surface area contributed by atoms with E-state index in [0.717, 1.165) is 28.2 Å². The zero-order chi connectivity index (χ0) is 19.2. The van der Waals surface area contributed by atoms with Crippen LogP contribution in [0.4, 0.5) is 17.1 Å². The van der Waals surface area contributed by atoms with E-state index in [9.17, 15) is 5.21 Å². The molecule has 3 aromatic carbocycles. The first-order chi connectivity index (χ1) is 13.0. The molecule has 0 saturated heterocycles. The Kier molecular flexibility index (Phi) is 5.83. The summed E-state index contributed by atoms with van der Waals surface area (Å²) in [7, 11) is 4.01. The quantitative estimate of drug-likeness (QED) is 0.465. The summed E-state index contributed by atoms with van der Waals surface area (Å²) in [6, 6.07) is 24.6. The van der Waals surface area contributed by atoms with Crippen LogP contribution in [0, 0.1) is 5.21 Å². The van der Waals surface area contributed by atoms with E-state index in [1.165, 1.54) is 0 Å². The summed E-state index contributed by atoms with van der Waals surface area (Å²) in [6.45, 7) is 0. The molecule has 0 spiro atoms. The van der Waals surface area contributed by atoms with Crippen molar-refractivity contribution in [1.82, 2.24) is 0 Å². The Bertz CT molecular complexity index is 890. The molecule has 0 heterocycles. The maximum Gasteiger partial charge on any atom is 0.163 e. The predicted molar refractivity (Wildman–Crippen MR) is 109 cm³/mol. The largest absolute Gasteiger partial charge is 0.595 e. The molecule has 0 aromatic heterocycles. The molecular weight excluding hydrogens is 340 g/mol. The van der Waals surface area contributed by atoms with Crippen molar-refractivity contribution in [3.8, 4) is 0 Å². The van der Waals surface area contributed by atoms with Crippen molar-refractivity contribution in [2.75, 3.05) is 24.4 Å². The standard InChI is InChI=1S/C21H22N4O2/c1-24(2)19-12-8-17(9-13-19)21(16-6-4-3-5-7-16)23-22-18-10-14-20(15-11-18)25(26)27/h3-15,22,25-26H,1-2H3.